The fourth-order valence-corrected chi connectivity index (χ4v) is 2.79. The van der Waals surface area contributed by atoms with Crippen molar-refractivity contribution >= 4 is 29.2 Å². The highest BCUT2D eigenvalue weighted by Crippen LogP contribution is 2.18. The van der Waals surface area contributed by atoms with Crippen molar-refractivity contribution in [3.8, 4) is 0 Å². The molecule has 0 aromatic carbocycles. The highest BCUT2D eigenvalue weighted by molar-refractivity contribution is 7.09. The van der Waals surface area contributed by atoms with Crippen LogP contribution in [0, 0.1) is 6.92 Å². The van der Waals surface area contributed by atoms with Gasteiger partial charge in [-0.3, -0.25) is 0 Å². The van der Waals surface area contributed by atoms with E-state index >= 15 is 0 Å². The smallest absolute Gasteiger partial charge is 0.231 e. The van der Waals surface area contributed by atoms with Crippen LogP contribution in [-0.4, -0.2) is 33.0 Å². The Morgan fingerprint density at radius 2 is 2.05 bits per heavy atom. The van der Waals surface area contributed by atoms with Crippen LogP contribution in [0.1, 0.15) is 23.5 Å². The molecule has 0 atom stereocenters. The monoisotopic (exact) mass is 291 g/mol. The Bertz CT molecular complexity index is 591. The van der Waals surface area contributed by atoms with Gasteiger partial charge in [-0.05, 0) is 19.8 Å². The molecular formula is C12H17N7S. The van der Waals surface area contributed by atoms with Gasteiger partial charge >= 0.3 is 0 Å². The lowest BCUT2D eigenvalue weighted by atomic mass is 10.4. The van der Waals surface area contributed by atoms with Gasteiger partial charge in [-0.15, -0.1) is 11.3 Å². The third-order valence-electron chi connectivity index (χ3n) is 3.12. The molecule has 8 heteroatoms. The van der Waals surface area contributed by atoms with Crippen molar-refractivity contribution in [1.82, 2.24) is 19.9 Å². The number of nitrogens with zero attached hydrogens (tertiary/aromatic N) is 5. The van der Waals surface area contributed by atoms with Crippen LogP contribution in [-0.2, 0) is 6.54 Å². The lowest BCUT2D eigenvalue weighted by Crippen LogP contribution is -2.22. The summed E-state index contributed by atoms with van der Waals surface area (Å²) >= 11 is 1.63. The molecule has 1 aliphatic rings. The summed E-state index contributed by atoms with van der Waals surface area (Å²) in [5, 5.41) is 6.23. The van der Waals surface area contributed by atoms with Crippen LogP contribution < -0.4 is 16.0 Å². The number of hydrogen-bond donors (Lipinski definition) is 2. The number of nitrogen functional groups attached to an aromatic ring is 1. The molecule has 0 amide bonds. The lowest BCUT2D eigenvalue weighted by Gasteiger charge is -2.15. The summed E-state index contributed by atoms with van der Waals surface area (Å²) in [6, 6.07) is 0. The maximum absolute atomic E-state index is 5.76. The van der Waals surface area contributed by atoms with Gasteiger partial charge in [0, 0.05) is 18.5 Å². The molecule has 0 spiro atoms. The Morgan fingerprint density at radius 3 is 2.75 bits per heavy atom. The zero-order valence-corrected chi connectivity index (χ0v) is 12.2. The molecule has 1 aliphatic heterocycles. The van der Waals surface area contributed by atoms with Crippen LogP contribution in [0.2, 0.25) is 0 Å². The summed E-state index contributed by atoms with van der Waals surface area (Å²) in [7, 11) is 0. The van der Waals surface area contributed by atoms with E-state index in [1.54, 1.807) is 11.3 Å². The SMILES string of the molecule is Cc1nc(CNc2nc(N)nc(N3CCCC3)n2)cs1. The second-order valence-electron chi connectivity index (χ2n) is 4.72. The quantitative estimate of drug-likeness (QED) is 0.880. The molecule has 106 valence electrons. The number of aromatic nitrogens is 4. The Balaban J connectivity index is 1.72. The highest BCUT2D eigenvalue weighted by atomic mass is 32.1. The van der Waals surface area contributed by atoms with Gasteiger partial charge in [-0.1, -0.05) is 0 Å². The number of anilines is 3. The molecule has 1 fully saturated rings. The van der Waals surface area contributed by atoms with Crippen LogP contribution in [0.5, 0.6) is 0 Å². The molecule has 0 bridgehead atoms. The molecule has 0 aliphatic carbocycles. The van der Waals surface area contributed by atoms with E-state index in [2.05, 4.69) is 30.2 Å². The van der Waals surface area contributed by atoms with Crippen LogP contribution in [0.15, 0.2) is 5.38 Å². The first-order valence-corrected chi connectivity index (χ1v) is 7.50. The van der Waals surface area contributed by atoms with Gasteiger partial charge in [0.2, 0.25) is 17.8 Å². The molecule has 3 heterocycles. The van der Waals surface area contributed by atoms with Crippen LogP contribution >= 0.6 is 11.3 Å². The Kier molecular flexibility index (Phi) is 3.64. The van der Waals surface area contributed by atoms with Crippen LogP contribution in [0.25, 0.3) is 0 Å². The van der Waals surface area contributed by atoms with Crippen molar-refractivity contribution in [2.24, 2.45) is 0 Å². The fourth-order valence-electron chi connectivity index (χ4n) is 2.18. The Morgan fingerprint density at radius 1 is 1.25 bits per heavy atom. The van der Waals surface area contributed by atoms with Crippen molar-refractivity contribution in [3.05, 3.63) is 16.1 Å². The molecule has 2 aromatic rings. The van der Waals surface area contributed by atoms with Crippen molar-refractivity contribution in [2.75, 3.05) is 29.0 Å². The maximum Gasteiger partial charge on any atom is 0.231 e. The first-order chi connectivity index (χ1) is 9.70. The van der Waals surface area contributed by atoms with Crippen molar-refractivity contribution in [2.45, 2.75) is 26.3 Å². The molecule has 7 nitrogen and oxygen atoms in total. The van der Waals surface area contributed by atoms with Gasteiger partial charge in [-0.25, -0.2) is 4.98 Å². The largest absolute Gasteiger partial charge is 0.368 e. The number of hydrogen-bond acceptors (Lipinski definition) is 8. The third kappa shape index (κ3) is 2.96. The van der Waals surface area contributed by atoms with Gasteiger partial charge in [-0.2, -0.15) is 15.0 Å². The predicted molar refractivity (Wildman–Crippen MR) is 79.9 cm³/mol. The van der Waals surface area contributed by atoms with E-state index in [0.717, 1.165) is 23.8 Å². The minimum absolute atomic E-state index is 0.249. The van der Waals surface area contributed by atoms with Gasteiger partial charge in [0.1, 0.15) is 0 Å². The van der Waals surface area contributed by atoms with Crippen molar-refractivity contribution < 1.29 is 0 Å². The number of aryl methyl sites for hydroxylation is 1. The molecule has 1 saturated heterocycles. The van der Waals surface area contributed by atoms with Crippen molar-refractivity contribution in [1.29, 1.82) is 0 Å². The normalized spacial score (nSPS) is 14.8. The summed E-state index contributed by atoms with van der Waals surface area (Å²) in [6.45, 7) is 4.54. The first kappa shape index (κ1) is 13.0. The van der Waals surface area contributed by atoms with Crippen LogP contribution in [0.4, 0.5) is 17.8 Å². The van der Waals surface area contributed by atoms with E-state index in [-0.39, 0.29) is 5.95 Å². The van der Waals surface area contributed by atoms with E-state index in [1.807, 2.05) is 12.3 Å². The summed E-state index contributed by atoms with van der Waals surface area (Å²) < 4.78 is 0. The van der Waals surface area contributed by atoms with Gasteiger partial charge in [0.25, 0.3) is 0 Å². The molecule has 0 unspecified atom stereocenters. The second kappa shape index (κ2) is 5.58. The summed E-state index contributed by atoms with van der Waals surface area (Å²) in [5.41, 5.74) is 6.74. The average Bonchev–Trinajstić information content (AvgIpc) is 3.07. The van der Waals surface area contributed by atoms with E-state index in [9.17, 15) is 0 Å². The van der Waals surface area contributed by atoms with E-state index in [1.165, 1.54) is 12.8 Å². The average molecular weight is 291 g/mol. The summed E-state index contributed by atoms with van der Waals surface area (Å²) in [5.74, 6) is 1.41. The second-order valence-corrected chi connectivity index (χ2v) is 5.79. The van der Waals surface area contributed by atoms with E-state index < -0.39 is 0 Å². The molecule has 20 heavy (non-hydrogen) atoms. The number of nitrogens with one attached hydrogen (secondary N) is 1. The summed E-state index contributed by atoms with van der Waals surface area (Å²) in [4.78, 5) is 19.3. The maximum atomic E-state index is 5.76. The first-order valence-electron chi connectivity index (χ1n) is 6.62. The van der Waals surface area contributed by atoms with Gasteiger partial charge < -0.3 is 16.0 Å². The molecule has 3 rings (SSSR count). The standard InChI is InChI=1S/C12H17N7S/c1-8-15-9(7-20-8)6-14-11-16-10(13)17-12(18-11)19-4-2-3-5-19/h7H,2-6H2,1H3,(H3,13,14,16,17,18). The highest BCUT2D eigenvalue weighted by Gasteiger charge is 2.16. The fraction of sp³-hybridized carbons (Fsp3) is 0.500. The molecular weight excluding hydrogens is 274 g/mol. The lowest BCUT2D eigenvalue weighted by molar-refractivity contribution is 0.879. The van der Waals surface area contributed by atoms with E-state index in [4.69, 9.17) is 5.73 Å². The van der Waals surface area contributed by atoms with Crippen molar-refractivity contribution in [3.63, 3.8) is 0 Å². The number of thiazole rings is 1. The zero-order chi connectivity index (χ0) is 13.9. The topological polar surface area (TPSA) is 92.8 Å². The minimum atomic E-state index is 0.249. The third-order valence-corrected chi connectivity index (χ3v) is 3.95. The molecule has 0 radical (unpaired) electrons. The van der Waals surface area contributed by atoms with Crippen LogP contribution in [0.3, 0.4) is 0 Å². The number of rotatable bonds is 4. The predicted octanol–water partition coefficient (Wildman–Crippen LogP) is 1.43. The molecule has 0 saturated carbocycles. The summed E-state index contributed by atoms with van der Waals surface area (Å²) in [6.07, 6.45) is 2.35. The van der Waals surface area contributed by atoms with E-state index in [0.29, 0.717) is 18.4 Å². The Hall–Kier alpha value is -1.96. The molecule has 3 N–H and O–H groups in total. The zero-order valence-electron chi connectivity index (χ0n) is 11.3. The Labute approximate surface area is 121 Å². The van der Waals surface area contributed by atoms with Gasteiger partial charge in [0.15, 0.2) is 0 Å². The molecule has 2 aromatic heterocycles. The minimum Gasteiger partial charge on any atom is -0.368 e. The number of nitrogens with two attached hydrogens (primary N) is 1. The van der Waals surface area contributed by atoms with Gasteiger partial charge in [0.05, 0.1) is 17.2 Å².